The normalized spacial score (nSPS) is 25.6. The number of anilines is 2. The minimum absolute atomic E-state index is 0.0573. The Balaban J connectivity index is 1.44. The molecule has 1 aliphatic heterocycles. The molecule has 6 heteroatoms. The molecular formula is C21H32N2O4. The summed E-state index contributed by atoms with van der Waals surface area (Å²) in [6.45, 7) is 1.63. The largest absolute Gasteiger partial charge is 0.469 e. The molecule has 1 saturated carbocycles. The van der Waals surface area contributed by atoms with Crippen molar-refractivity contribution in [2.45, 2.75) is 57.7 Å². The lowest BCUT2D eigenvalue weighted by Gasteiger charge is -2.27. The van der Waals surface area contributed by atoms with Crippen LogP contribution in [0.25, 0.3) is 0 Å². The molecule has 1 unspecified atom stereocenters. The number of rotatable bonds is 7. The summed E-state index contributed by atoms with van der Waals surface area (Å²) in [4.78, 5) is 11.6. The Bertz CT molecular complexity index is 608. The number of methoxy groups -OCH3 is 1. The molecule has 0 bridgehead atoms. The zero-order valence-corrected chi connectivity index (χ0v) is 16.2. The van der Waals surface area contributed by atoms with Gasteiger partial charge >= 0.3 is 5.97 Å². The number of hydrogen-bond acceptors (Lipinski definition) is 6. The number of esters is 1. The van der Waals surface area contributed by atoms with E-state index in [-0.39, 0.29) is 18.2 Å². The van der Waals surface area contributed by atoms with Gasteiger partial charge in [-0.15, -0.1) is 0 Å². The van der Waals surface area contributed by atoms with Crippen LogP contribution in [0.1, 0.15) is 51.4 Å². The molecule has 1 aromatic carbocycles. The number of hydrogen-bond donors (Lipinski definition) is 2. The van der Waals surface area contributed by atoms with Gasteiger partial charge in [0.25, 0.3) is 0 Å². The van der Waals surface area contributed by atoms with Crippen molar-refractivity contribution < 1.29 is 19.0 Å². The smallest absolute Gasteiger partial charge is 0.308 e. The topological polar surface area (TPSA) is 82.8 Å². The fraction of sp³-hybridized carbons (Fsp3) is 0.667. The van der Waals surface area contributed by atoms with Crippen LogP contribution in [0.15, 0.2) is 18.2 Å². The highest BCUT2D eigenvalue weighted by Gasteiger charge is 2.26. The summed E-state index contributed by atoms with van der Waals surface area (Å²) in [5, 5.41) is 3.45. The highest BCUT2D eigenvalue weighted by atomic mass is 16.7. The molecule has 6 nitrogen and oxygen atoms in total. The molecule has 2 aliphatic rings. The van der Waals surface area contributed by atoms with E-state index in [2.05, 4.69) is 5.32 Å². The third-order valence-electron chi connectivity index (χ3n) is 5.68. The van der Waals surface area contributed by atoms with Crippen LogP contribution < -0.4 is 15.8 Å². The van der Waals surface area contributed by atoms with E-state index >= 15 is 0 Å². The SMILES string of the molecule is COC(=O)C1CCC(CCNc2cc(OC3CCCCO3)ccc2N)CC1. The zero-order valence-electron chi connectivity index (χ0n) is 16.2. The average Bonchev–Trinajstić information content (AvgIpc) is 2.71. The molecule has 0 spiro atoms. The van der Waals surface area contributed by atoms with Crippen LogP contribution in [0, 0.1) is 11.8 Å². The first-order valence-electron chi connectivity index (χ1n) is 10.1. The quantitative estimate of drug-likeness (QED) is 0.554. The van der Waals surface area contributed by atoms with Crippen LogP contribution >= 0.6 is 0 Å². The van der Waals surface area contributed by atoms with Crippen LogP contribution in [0.5, 0.6) is 5.75 Å². The summed E-state index contributed by atoms with van der Waals surface area (Å²) in [6, 6.07) is 5.73. The molecule has 2 fully saturated rings. The Morgan fingerprint density at radius 2 is 2.04 bits per heavy atom. The van der Waals surface area contributed by atoms with Crippen molar-refractivity contribution in [3.05, 3.63) is 18.2 Å². The van der Waals surface area contributed by atoms with Gasteiger partial charge in [0, 0.05) is 19.0 Å². The molecule has 1 aliphatic carbocycles. The molecule has 150 valence electrons. The van der Waals surface area contributed by atoms with E-state index in [1.54, 1.807) is 0 Å². The number of nitrogens with two attached hydrogens (primary N) is 1. The van der Waals surface area contributed by atoms with E-state index in [1.165, 1.54) is 7.11 Å². The van der Waals surface area contributed by atoms with Crippen molar-refractivity contribution in [3.63, 3.8) is 0 Å². The summed E-state index contributed by atoms with van der Waals surface area (Å²) >= 11 is 0. The van der Waals surface area contributed by atoms with Gasteiger partial charge < -0.3 is 25.3 Å². The van der Waals surface area contributed by atoms with Crippen molar-refractivity contribution in [3.8, 4) is 5.75 Å². The minimum Gasteiger partial charge on any atom is -0.469 e. The summed E-state index contributed by atoms with van der Waals surface area (Å²) in [5.74, 6) is 1.47. The first-order valence-corrected chi connectivity index (χ1v) is 10.1. The Morgan fingerprint density at radius 1 is 1.22 bits per heavy atom. The molecule has 0 amide bonds. The van der Waals surface area contributed by atoms with Gasteiger partial charge in [-0.3, -0.25) is 4.79 Å². The molecule has 1 saturated heterocycles. The van der Waals surface area contributed by atoms with E-state index in [9.17, 15) is 4.79 Å². The van der Waals surface area contributed by atoms with E-state index in [0.717, 1.165) is 81.6 Å². The van der Waals surface area contributed by atoms with Gasteiger partial charge in [0.1, 0.15) is 5.75 Å². The monoisotopic (exact) mass is 376 g/mol. The Hall–Kier alpha value is -1.95. The summed E-state index contributed by atoms with van der Waals surface area (Å²) in [5.41, 5.74) is 7.74. The summed E-state index contributed by atoms with van der Waals surface area (Å²) in [7, 11) is 1.47. The van der Waals surface area contributed by atoms with Crippen LogP contribution in [0.2, 0.25) is 0 Å². The highest BCUT2D eigenvalue weighted by Crippen LogP contribution is 2.32. The Labute approximate surface area is 161 Å². The number of nitrogen functional groups attached to an aromatic ring is 1. The predicted octanol–water partition coefficient (Wildman–Crippen LogP) is 3.96. The van der Waals surface area contributed by atoms with Gasteiger partial charge in [-0.2, -0.15) is 0 Å². The van der Waals surface area contributed by atoms with E-state index in [1.807, 2.05) is 18.2 Å². The molecule has 1 atom stereocenters. The van der Waals surface area contributed by atoms with Gasteiger partial charge in [-0.1, -0.05) is 0 Å². The predicted molar refractivity (Wildman–Crippen MR) is 106 cm³/mol. The first kappa shape index (κ1) is 19.8. The standard InChI is InChI=1S/C21H32N2O4/c1-25-21(24)16-7-5-15(6-8-16)11-12-23-19-14-17(9-10-18(19)22)27-20-4-2-3-13-26-20/h9-10,14-16,20,23H,2-8,11-13,22H2,1H3. The Morgan fingerprint density at radius 3 is 2.74 bits per heavy atom. The van der Waals surface area contributed by atoms with Gasteiger partial charge in [0.05, 0.1) is 31.0 Å². The minimum atomic E-state index is -0.153. The highest BCUT2D eigenvalue weighted by molar-refractivity contribution is 5.72. The van der Waals surface area contributed by atoms with E-state index < -0.39 is 0 Å². The first-order chi connectivity index (χ1) is 13.2. The molecule has 27 heavy (non-hydrogen) atoms. The second kappa shape index (κ2) is 9.83. The lowest BCUT2D eigenvalue weighted by Crippen LogP contribution is -2.25. The maximum absolute atomic E-state index is 11.6. The van der Waals surface area contributed by atoms with Crippen molar-refractivity contribution in [2.24, 2.45) is 11.8 Å². The van der Waals surface area contributed by atoms with Gasteiger partial charge in [-0.05, 0) is 63.0 Å². The average molecular weight is 376 g/mol. The number of carbonyl (C=O) groups is 1. The fourth-order valence-corrected chi connectivity index (χ4v) is 3.98. The lowest BCUT2D eigenvalue weighted by atomic mass is 9.80. The van der Waals surface area contributed by atoms with Crippen LogP contribution in [-0.2, 0) is 14.3 Å². The molecule has 1 heterocycles. The third kappa shape index (κ3) is 5.76. The van der Waals surface area contributed by atoms with Crippen LogP contribution in [0.4, 0.5) is 11.4 Å². The number of carbonyl (C=O) groups excluding carboxylic acids is 1. The third-order valence-corrected chi connectivity index (χ3v) is 5.68. The molecule has 1 aromatic rings. The van der Waals surface area contributed by atoms with E-state index in [4.69, 9.17) is 19.9 Å². The van der Waals surface area contributed by atoms with Gasteiger partial charge in [-0.25, -0.2) is 0 Å². The fourth-order valence-electron chi connectivity index (χ4n) is 3.98. The number of benzene rings is 1. The molecule has 3 rings (SSSR count). The van der Waals surface area contributed by atoms with Crippen molar-refractivity contribution in [2.75, 3.05) is 31.3 Å². The summed E-state index contributed by atoms with van der Waals surface area (Å²) < 4.78 is 16.4. The molecular weight excluding hydrogens is 344 g/mol. The molecule has 0 aromatic heterocycles. The second-order valence-corrected chi connectivity index (χ2v) is 7.62. The van der Waals surface area contributed by atoms with Gasteiger partial charge in [0.15, 0.2) is 6.29 Å². The zero-order chi connectivity index (χ0) is 19.1. The lowest BCUT2D eigenvalue weighted by molar-refractivity contribution is -0.146. The second-order valence-electron chi connectivity index (χ2n) is 7.62. The number of ether oxygens (including phenoxy) is 3. The van der Waals surface area contributed by atoms with Gasteiger partial charge in [0.2, 0.25) is 0 Å². The van der Waals surface area contributed by atoms with E-state index in [0.29, 0.717) is 5.92 Å². The maximum atomic E-state index is 11.6. The molecule has 0 radical (unpaired) electrons. The number of nitrogens with one attached hydrogen (secondary N) is 1. The van der Waals surface area contributed by atoms with Crippen LogP contribution in [-0.4, -0.2) is 32.5 Å². The van der Waals surface area contributed by atoms with Crippen molar-refractivity contribution in [1.29, 1.82) is 0 Å². The van der Waals surface area contributed by atoms with Crippen molar-refractivity contribution in [1.82, 2.24) is 0 Å². The maximum Gasteiger partial charge on any atom is 0.308 e. The summed E-state index contributed by atoms with van der Waals surface area (Å²) in [6.07, 6.45) is 8.14. The van der Waals surface area contributed by atoms with Crippen LogP contribution in [0.3, 0.4) is 0 Å². The van der Waals surface area contributed by atoms with Crippen molar-refractivity contribution >= 4 is 17.3 Å². The molecule has 3 N–H and O–H groups in total. The Kier molecular flexibility index (Phi) is 7.21.